The van der Waals surface area contributed by atoms with Gasteiger partial charge in [0.15, 0.2) is 0 Å². The number of nitrogens with one attached hydrogen (secondary N) is 2. The van der Waals surface area contributed by atoms with Crippen LogP contribution >= 0.6 is 0 Å². The number of hydrogen-bond acceptors (Lipinski definition) is 4. The van der Waals surface area contributed by atoms with Crippen LogP contribution in [0.25, 0.3) is 0 Å². The second-order valence-electron chi connectivity index (χ2n) is 7.96. The number of nitrogens with zero attached hydrogens (tertiary/aromatic N) is 1. The lowest BCUT2D eigenvalue weighted by molar-refractivity contribution is 0.234. The van der Waals surface area contributed by atoms with Gasteiger partial charge in [0.1, 0.15) is 5.75 Å². The Labute approximate surface area is 192 Å². The van der Waals surface area contributed by atoms with Gasteiger partial charge in [-0.2, -0.15) is 4.31 Å². The second kappa shape index (κ2) is 11.3. The molecule has 2 amide bonds. The van der Waals surface area contributed by atoms with Gasteiger partial charge in [0.05, 0.1) is 23.1 Å². The van der Waals surface area contributed by atoms with Crippen molar-refractivity contribution in [3.05, 3.63) is 59.7 Å². The van der Waals surface area contributed by atoms with Crippen LogP contribution in [-0.2, 0) is 10.0 Å². The number of hydrogen-bond donors (Lipinski definition) is 2. The summed E-state index contributed by atoms with van der Waals surface area (Å²) in [7, 11) is -3.50. The van der Waals surface area contributed by atoms with Gasteiger partial charge in [0, 0.05) is 13.1 Å². The number of sulfonamides is 1. The van der Waals surface area contributed by atoms with E-state index in [9.17, 15) is 13.2 Å². The van der Waals surface area contributed by atoms with Crippen molar-refractivity contribution in [3.63, 3.8) is 0 Å². The molecule has 2 rings (SSSR count). The van der Waals surface area contributed by atoms with Gasteiger partial charge in [-0.3, -0.25) is 0 Å². The highest BCUT2D eigenvalue weighted by molar-refractivity contribution is 7.89. The molecular weight excluding hydrogens is 426 g/mol. The summed E-state index contributed by atoms with van der Waals surface area (Å²) in [6.45, 7) is 12.2. The number of amides is 2. The number of urea groups is 1. The Morgan fingerprint density at radius 1 is 0.906 bits per heavy atom. The molecule has 2 aromatic carbocycles. The van der Waals surface area contributed by atoms with Crippen LogP contribution in [0, 0.1) is 0 Å². The molecule has 0 aliphatic carbocycles. The molecule has 176 valence electrons. The predicted molar refractivity (Wildman–Crippen MR) is 127 cm³/mol. The molecule has 0 saturated carbocycles. The van der Waals surface area contributed by atoms with Crippen molar-refractivity contribution in [2.45, 2.75) is 64.6 Å². The summed E-state index contributed by atoms with van der Waals surface area (Å²) >= 11 is 0. The highest BCUT2D eigenvalue weighted by Gasteiger charge is 2.22. The third-order valence-electron chi connectivity index (χ3n) is 5.15. The van der Waals surface area contributed by atoms with E-state index in [1.165, 1.54) is 4.31 Å². The van der Waals surface area contributed by atoms with Crippen LogP contribution in [0.1, 0.15) is 64.8 Å². The van der Waals surface area contributed by atoms with E-state index in [1.54, 1.807) is 24.3 Å². The monoisotopic (exact) mass is 461 g/mol. The normalized spacial score (nSPS) is 13.6. The summed E-state index contributed by atoms with van der Waals surface area (Å²) < 4.78 is 32.4. The van der Waals surface area contributed by atoms with Gasteiger partial charge >= 0.3 is 6.03 Å². The van der Waals surface area contributed by atoms with Gasteiger partial charge in [-0.25, -0.2) is 13.2 Å². The first-order chi connectivity index (χ1) is 15.1. The minimum atomic E-state index is -3.50. The predicted octanol–water partition coefficient (Wildman–Crippen LogP) is 4.63. The van der Waals surface area contributed by atoms with E-state index in [-0.39, 0.29) is 29.1 Å². The largest absolute Gasteiger partial charge is 0.491 e. The molecule has 2 aromatic rings. The Morgan fingerprint density at radius 2 is 1.47 bits per heavy atom. The Kier molecular flexibility index (Phi) is 9.09. The van der Waals surface area contributed by atoms with Gasteiger partial charge in [-0.1, -0.05) is 38.1 Å². The Hall–Kier alpha value is -2.58. The number of carbonyl (C=O) groups excluding carboxylic acids is 1. The summed E-state index contributed by atoms with van der Waals surface area (Å²) in [6.07, 6.45) is 0.0751. The minimum Gasteiger partial charge on any atom is -0.491 e. The average Bonchev–Trinajstić information content (AvgIpc) is 2.74. The molecule has 8 heteroatoms. The highest BCUT2D eigenvalue weighted by Crippen LogP contribution is 2.21. The van der Waals surface area contributed by atoms with E-state index in [4.69, 9.17) is 4.74 Å². The number of ether oxygens (including phenoxy) is 1. The first-order valence-corrected chi connectivity index (χ1v) is 12.5. The minimum absolute atomic E-state index is 0.0751. The number of benzene rings is 2. The lowest BCUT2D eigenvalue weighted by atomic mass is 10.1. The topological polar surface area (TPSA) is 87.7 Å². The molecule has 0 aliphatic heterocycles. The van der Waals surface area contributed by atoms with Crippen LogP contribution in [0.3, 0.4) is 0 Å². The molecule has 0 bridgehead atoms. The van der Waals surface area contributed by atoms with Gasteiger partial charge in [-0.15, -0.1) is 0 Å². The fourth-order valence-electron chi connectivity index (χ4n) is 3.37. The third kappa shape index (κ3) is 6.71. The van der Waals surface area contributed by atoms with Crippen LogP contribution in [0.15, 0.2) is 53.4 Å². The van der Waals surface area contributed by atoms with Crippen LogP contribution < -0.4 is 15.4 Å². The maximum absolute atomic E-state index is 12.6. The van der Waals surface area contributed by atoms with Gasteiger partial charge in [-0.05, 0) is 63.1 Å². The van der Waals surface area contributed by atoms with Crippen molar-refractivity contribution < 1.29 is 17.9 Å². The fraction of sp³-hybridized carbons (Fsp3) is 0.458. The van der Waals surface area contributed by atoms with E-state index in [2.05, 4.69) is 10.6 Å². The zero-order valence-corrected chi connectivity index (χ0v) is 20.6. The fourth-order valence-corrected chi connectivity index (χ4v) is 4.83. The molecule has 0 aromatic heterocycles. The Balaban J connectivity index is 2.00. The van der Waals surface area contributed by atoms with Crippen molar-refractivity contribution in [2.75, 3.05) is 13.1 Å². The average molecular weight is 462 g/mol. The molecule has 0 aliphatic rings. The first kappa shape index (κ1) is 25.7. The molecule has 0 saturated heterocycles. The first-order valence-electron chi connectivity index (χ1n) is 11.0. The summed E-state index contributed by atoms with van der Waals surface area (Å²) in [5.41, 5.74) is 1.76. The second-order valence-corrected chi connectivity index (χ2v) is 9.90. The lowest BCUT2D eigenvalue weighted by Gasteiger charge is -2.21. The quantitative estimate of drug-likeness (QED) is 0.540. The number of carbonyl (C=O) groups is 1. The maximum atomic E-state index is 12.6. The molecule has 2 unspecified atom stereocenters. The van der Waals surface area contributed by atoms with Crippen molar-refractivity contribution in [1.82, 2.24) is 14.9 Å². The molecule has 0 heterocycles. The van der Waals surface area contributed by atoms with E-state index in [0.29, 0.717) is 13.1 Å². The zero-order valence-electron chi connectivity index (χ0n) is 19.8. The van der Waals surface area contributed by atoms with Crippen molar-refractivity contribution in [3.8, 4) is 5.75 Å². The SMILES string of the molecule is CCN(CC)S(=O)(=O)c1ccc(C(C)NC(=O)NC(C)c2cccc(OC(C)C)c2)cc1. The molecule has 2 N–H and O–H groups in total. The molecule has 0 radical (unpaired) electrons. The molecule has 0 fully saturated rings. The van der Waals surface area contributed by atoms with Crippen LogP contribution in [0.2, 0.25) is 0 Å². The third-order valence-corrected chi connectivity index (χ3v) is 7.21. The molecule has 0 spiro atoms. The van der Waals surface area contributed by atoms with Gasteiger partial charge < -0.3 is 15.4 Å². The molecule has 2 atom stereocenters. The Morgan fingerprint density at radius 3 is 2.00 bits per heavy atom. The van der Waals surface area contributed by atoms with Crippen molar-refractivity contribution in [2.24, 2.45) is 0 Å². The van der Waals surface area contributed by atoms with E-state index in [1.807, 2.05) is 65.8 Å². The maximum Gasteiger partial charge on any atom is 0.315 e. The lowest BCUT2D eigenvalue weighted by Crippen LogP contribution is -2.38. The van der Waals surface area contributed by atoms with E-state index < -0.39 is 10.0 Å². The number of rotatable bonds is 10. The summed E-state index contributed by atoms with van der Waals surface area (Å²) in [6, 6.07) is 13.5. The molecule has 7 nitrogen and oxygen atoms in total. The summed E-state index contributed by atoms with van der Waals surface area (Å²) in [5, 5.41) is 5.84. The highest BCUT2D eigenvalue weighted by atomic mass is 32.2. The van der Waals surface area contributed by atoms with E-state index >= 15 is 0 Å². The molecular formula is C24H35N3O4S. The molecule has 32 heavy (non-hydrogen) atoms. The van der Waals surface area contributed by atoms with Crippen LogP contribution in [0.4, 0.5) is 4.79 Å². The van der Waals surface area contributed by atoms with Gasteiger partial charge in [0.2, 0.25) is 10.0 Å². The van der Waals surface area contributed by atoms with Crippen molar-refractivity contribution >= 4 is 16.1 Å². The van der Waals surface area contributed by atoms with Crippen LogP contribution in [0.5, 0.6) is 5.75 Å². The van der Waals surface area contributed by atoms with Crippen molar-refractivity contribution in [1.29, 1.82) is 0 Å². The van der Waals surface area contributed by atoms with Crippen LogP contribution in [-0.4, -0.2) is 37.9 Å². The Bertz CT molecular complexity index is 987. The summed E-state index contributed by atoms with van der Waals surface area (Å²) in [4.78, 5) is 12.8. The van der Waals surface area contributed by atoms with E-state index in [0.717, 1.165) is 16.9 Å². The standard InChI is InChI=1S/C24H35N3O4S/c1-7-27(8-2)32(29,30)23-14-12-20(13-15-23)18(5)25-24(28)26-19(6)21-10-9-11-22(16-21)31-17(3)4/h9-19H,7-8H2,1-6H3,(H2,25,26,28). The van der Waals surface area contributed by atoms with Gasteiger partial charge in [0.25, 0.3) is 0 Å². The summed E-state index contributed by atoms with van der Waals surface area (Å²) in [5.74, 6) is 0.764. The smallest absolute Gasteiger partial charge is 0.315 e. The zero-order chi connectivity index (χ0) is 23.9.